The molecule has 2 N–H and O–H groups in total. The van der Waals surface area contributed by atoms with E-state index in [1.807, 2.05) is 36.4 Å². The summed E-state index contributed by atoms with van der Waals surface area (Å²) in [5, 5.41) is 13.9. The number of carbonyl (C=O) groups excluding carboxylic acids is 4. The summed E-state index contributed by atoms with van der Waals surface area (Å²) in [5.74, 6) is -3.45. The van der Waals surface area contributed by atoms with Crippen LogP contribution in [0.2, 0.25) is 0 Å². The van der Waals surface area contributed by atoms with Crippen molar-refractivity contribution in [3.8, 4) is 5.75 Å². The van der Waals surface area contributed by atoms with Crippen molar-refractivity contribution in [1.29, 1.82) is 0 Å². The molecule has 0 radical (unpaired) electrons. The summed E-state index contributed by atoms with van der Waals surface area (Å²) in [7, 11) is 1.55. The molecule has 12 heteroatoms. The van der Waals surface area contributed by atoms with Gasteiger partial charge < -0.3 is 34.4 Å². The van der Waals surface area contributed by atoms with Crippen LogP contribution >= 0.6 is 15.9 Å². The van der Waals surface area contributed by atoms with Gasteiger partial charge in [0, 0.05) is 23.5 Å². The van der Waals surface area contributed by atoms with Gasteiger partial charge in [0.1, 0.15) is 23.5 Å². The molecule has 54 heavy (non-hydrogen) atoms. The third-order valence-electron chi connectivity index (χ3n) is 10.7. The number of methoxy groups -OCH3 is 1. The van der Waals surface area contributed by atoms with Gasteiger partial charge in [-0.05, 0) is 55.2 Å². The van der Waals surface area contributed by atoms with Gasteiger partial charge in [-0.15, -0.1) is 13.2 Å². The number of aliphatic hydroxyl groups is 1. The lowest BCUT2D eigenvalue weighted by molar-refractivity contribution is -0.162. The predicted octanol–water partition coefficient (Wildman–Crippen LogP) is 5.45. The van der Waals surface area contributed by atoms with Gasteiger partial charge in [0.15, 0.2) is 0 Å². The van der Waals surface area contributed by atoms with Crippen LogP contribution in [0.5, 0.6) is 5.75 Å². The number of benzene rings is 3. The Morgan fingerprint density at radius 1 is 1.04 bits per heavy atom. The predicted molar refractivity (Wildman–Crippen MR) is 207 cm³/mol. The van der Waals surface area contributed by atoms with Crippen LogP contribution in [-0.4, -0.2) is 82.6 Å². The molecule has 6 rings (SSSR count). The first-order valence-corrected chi connectivity index (χ1v) is 19.0. The molecule has 1 spiro atoms. The summed E-state index contributed by atoms with van der Waals surface area (Å²) in [5.41, 5.74) is 0.378. The minimum absolute atomic E-state index is 0.112. The molecule has 3 aliphatic heterocycles. The largest absolute Gasteiger partial charge is 0.497 e. The van der Waals surface area contributed by atoms with E-state index in [-0.39, 0.29) is 25.3 Å². The number of hydrogen-bond acceptors (Lipinski definition) is 8. The molecule has 3 heterocycles. The first-order chi connectivity index (χ1) is 26.1. The van der Waals surface area contributed by atoms with Crippen LogP contribution in [-0.2, 0) is 28.7 Å². The SMILES string of the molecule is C=CCCC(=O)N[C@H](C)[C@@H](OC(=O)[C@H]1[C@@H]2O[C@@]3(CC2Br)[C@@H]1C(=O)N([C@H](CO)c1ccccc1)[C@@H]3C(=O)N(CC=C)c1ccc(OC)cc1)c1ccccc1. The average Bonchev–Trinajstić information content (AvgIpc) is 3.79. The van der Waals surface area contributed by atoms with Gasteiger partial charge in [0.25, 0.3) is 5.91 Å². The van der Waals surface area contributed by atoms with Crippen LogP contribution in [0, 0.1) is 11.8 Å². The average molecular weight is 801 g/mol. The molecule has 3 fully saturated rings. The second-order valence-corrected chi connectivity index (χ2v) is 15.1. The normalized spacial score (nSPS) is 25.6. The van der Waals surface area contributed by atoms with Crippen molar-refractivity contribution >= 4 is 45.3 Å². The number of likely N-dealkylation sites (tertiary alicyclic amines) is 1. The van der Waals surface area contributed by atoms with Crippen molar-refractivity contribution in [3.05, 3.63) is 121 Å². The number of carbonyl (C=O) groups is 4. The maximum atomic E-state index is 15.1. The fourth-order valence-electron chi connectivity index (χ4n) is 8.28. The van der Waals surface area contributed by atoms with Gasteiger partial charge in [-0.3, -0.25) is 19.2 Å². The number of nitrogens with one attached hydrogen (secondary N) is 1. The Morgan fingerprint density at radius 2 is 1.69 bits per heavy atom. The Morgan fingerprint density at radius 3 is 2.28 bits per heavy atom. The second-order valence-electron chi connectivity index (χ2n) is 13.9. The van der Waals surface area contributed by atoms with E-state index in [1.54, 1.807) is 74.7 Å². The molecule has 3 aliphatic rings. The molecule has 3 aromatic carbocycles. The van der Waals surface area contributed by atoms with Crippen LogP contribution in [0.1, 0.15) is 49.5 Å². The molecule has 1 unspecified atom stereocenters. The molecule has 9 atom stereocenters. The molecule has 3 amide bonds. The van der Waals surface area contributed by atoms with Gasteiger partial charge in [0.2, 0.25) is 11.8 Å². The maximum absolute atomic E-state index is 15.1. The number of nitrogens with zero attached hydrogens (tertiary/aromatic N) is 2. The number of allylic oxidation sites excluding steroid dienone is 1. The molecule has 0 aromatic heterocycles. The molecule has 2 bridgehead atoms. The number of esters is 1. The van der Waals surface area contributed by atoms with E-state index in [9.17, 15) is 14.7 Å². The summed E-state index contributed by atoms with van der Waals surface area (Å²) in [6, 6.07) is 22.3. The number of rotatable bonds is 16. The first-order valence-electron chi connectivity index (χ1n) is 18.1. The summed E-state index contributed by atoms with van der Waals surface area (Å²) in [4.78, 5) is 60.1. The number of alkyl halides is 1. The molecular weight excluding hydrogens is 754 g/mol. The number of halogens is 1. The quantitative estimate of drug-likeness (QED) is 0.111. The zero-order valence-corrected chi connectivity index (χ0v) is 32.0. The highest BCUT2D eigenvalue weighted by Crippen LogP contribution is 2.61. The first kappa shape index (κ1) is 38.9. The maximum Gasteiger partial charge on any atom is 0.313 e. The second kappa shape index (κ2) is 16.7. The zero-order valence-electron chi connectivity index (χ0n) is 30.4. The smallest absolute Gasteiger partial charge is 0.313 e. The molecule has 3 aromatic rings. The van der Waals surface area contributed by atoms with E-state index in [2.05, 4.69) is 34.4 Å². The highest BCUT2D eigenvalue weighted by atomic mass is 79.9. The third-order valence-corrected chi connectivity index (χ3v) is 11.5. The minimum atomic E-state index is -1.45. The molecular formula is C42H46BrN3O8. The lowest BCUT2D eigenvalue weighted by atomic mass is 9.70. The van der Waals surface area contributed by atoms with E-state index in [0.717, 1.165) is 0 Å². The third kappa shape index (κ3) is 7.22. The number of aliphatic hydroxyl groups excluding tert-OH is 1. The van der Waals surface area contributed by atoms with Crippen molar-refractivity contribution in [2.75, 3.05) is 25.2 Å². The zero-order chi connectivity index (χ0) is 38.6. The molecule has 11 nitrogen and oxygen atoms in total. The number of amides is 3. The summed E-state index contributed by atoms with van der Waals surface area (Å²) in [6.07, 6.45) is 2.53. The Hall–Kier alpha value is -4.78. The Labute approximate surface area is 324 Å². The molecule has 0 saturated carbocycles. The Balaban J connectivity index is 1.41. The van der Waals surface area contributed by atoms with E-state index in [1.165, 1.54) is 9.80 Å². The van der Waals surface area contributed by atoms with Crippen molar-refractivity contribution in [2.24, 2.45) is 11.8 Å². The fourth-order valence-corrected chi connectivity index (χ4v) is 9.23. The van der Waals surface area contributed by atoms with Crippen LogP contribution in [0.4, 0.5) is 5.69 Å². The lowest BCUT2D eigenvalue weighted by Gasteiger charge is -2.39. The van der Waals surface area contributed by atoms with E-state index >= 15 is 9.59 Å². The number of ether oxygens (including phenoxy) is 3. The van der Waals surface area contributed by atoms with Gasteiger partial charge in [-0.25, -0.2) is 0 Å². The van der Waals surface area contributed by atoms with Gasteiger partial charge in [0.05, 0.1) is 43.7 Å². The summed E-state index contributed by atoms with van der Waals surface area (Å²) in [6.45, 7) is 8.97. The van der Waals surface area contributed by atoms with Crippen LogP contribution in [0.15, 0.2) is 110 Å². The van der Waals surface area contributed by atoms with Gasteiger partial charge >= 0.3 is 5.97 Å². The molecule has 284 valence electrons. The molecule has 3 saturated heterocycles. The van der Waals surface area contributed by atoms with Crippen molar-refractivity contribution in [1.82, 2.24) is 10.2 Å². The highest BCUT2D eigenvalue weighted by Gasteiger charge is 2.77. The minimum Gasteiger partial charge on any atom is -0.497 e. The lowest BCUT2D eigenvalue weighted by Crippen LogP contribution is -2.57. The topological polar surface area (TPSA) is 135 Å². The van der Waals surface area contributed by atoms with Crippen molar-refractivity contribution in [3.63, 3.8) is 0 Å². The Bertz CT molecular complexity index is 1840. The fraction of sp³-hybridized carbons (Fsp3) is 0.381. The standard InChI is InChI=1S/C42H46BrN3O8/c1-5-7-18-33(48)44-26(3)36(28-16-12-9-13-17-28)53-41(51)34-35-39(49)46(32(25-47)27-14-10-8-11-15-27)38(42(35)24-31(43)37(34)54-42)40(50)45(23-6-2)29-19-21-30(52-4)22-20-29/h5-6,8-17,19-22,26,31-32,34-38,47H,1-2,7,18,23-25H2,3-4H3,(H,44,48)/t26-,31?,32-,34-,35+,36-,37-,38-,42+/m1/s1. The van der Waals surface area contributed by atoms with E-state index < -0.39 is 77.0 Å². The van der Waals surface area contributed by atoms with E-state index in [4.69, 9.17) is 14.2 Å². The van der Waals surface area contributed by atoms with E-state index in [0.29, 0.717) is 29.0 Å². The van der Waals surface area contributed by atoms with Crippen molar-refractivity contribution < 1.29 is 38.5 Å². The van der Waals surface area contributed by atoms with Gasteiger partial charge in [-0.2, -0.15) is 0 Å². The number of anilines is 1. The van der Waals surface area contributed by atoms with Crippen LogP contribution in [0.25, 0.3) is 0 Å². The summed E-state index contributed by atoms with van der Waals surface area (Å²) >= 11 is 3.74. The van der Waals surface area contributed by atoms with Crippen molar-refractivity contribution in [2.45, 2.75) is 66.9 Å². The highest BCUT2D eigenvalue weighted by molar-refractivity contribution is 9.09. The monoisotopic (exact) mass is 799 g/mol. The van der Waals surface area contributed by atoms with Gasteiger partial charge in [-0.1, -0.05) is 88.7 Å². The number of fused-ring (bicyclic) bond motifs is 1. The van der Waals surface area contributed by atoms with Crippen LogP contribution < -0.4 is 15.0 Å². The van der Waals surface area contributed by atoms with Crippen LogP contribution in [0.3, 0.4) is 0 Å². The summed E-state index contributed by atoms with van der Waals surface area (Å²) < 4.78 is 18.4. The molecule has 0 aliphatic carbocycles. The number of hydrogen-bond donors (Lipinski definition) is 2. The Kier molecular flexibility index (Phi) is 12.0.